The third kappa shape index (κ3) is 6.68. The Labute approximate surface area is 258 Å². The van der Waals surface area contributed by atoms with Crippen molar-refractivity contribution < 1.29 is 29.0 Å². The minimum Gasteiger partial charge on any atom is -0.479 e. The van der Waals surface area contributed by atoms with Crippen molar-refractivity contribution in [1.29, 1.82) is 0 Å². The predicted molar refractivity (Wildman–Crippen MR) is 160 cm³/mol. The second-order valence-electron chi connectivity index (χ2n) is 8.97. The van der Waals surface area contributed by atoms with E-state index in [-0.39, 0.29) is 18.7 Å². The number of halogens is 3. The molecule has 3 heterocycles. The van der Waals surface area contributed by atoms with Crippen LogP contribution in [0.1, 0.15) is 11.3 Å². The van der Waals surface area contributed by atoms with Gasteiger partial charge in [0.25, 0.3) is 0 Å². The van der Waals surface area contributed by atoms with Crippen molar-refractivity contribution in [2.75, 3.05) is 0 Å². The normalized spacial score (nSPS) is 19.8. The van der Waals surface area contributed by atoms with Crippen LogP contribution >= 0.6 is 57.9 Å². The van der Waals surface area contributed by atoms with Gasteiger partial charge in [0, 0.05) is 21.0 Å². The maximum atomic E-state index is 12.9. The smallest absolute Gasteiger partial charge is 0.330 e. The molecule has 0 spiro atoms. The Morgan fingerprint density at radius 1 is 1.05 bits per heavy atom. The van der Waals surface area contributed by atoms with Gasteiger partial charge in [-0.05, 0) is 65.3 Å². The summed E-state index contributed by atoms with van der Waals surface area (Å²) < 4.78 is 11.6. The Hall–Kier alpha value is -3.15. The first-order valence-corrected chi connectivity index (χ1v) is 15.1. The van der Waals surface area contributed by atoms with E-state index in [0.29, 0.717) is 37.9 Å². The summed E-state index contributed by atoms with van der Waals surface area (Å²) in [5.74, 6) is -0.841. The van der Waals surface area contributed by atoms with E-state index in [1.54, 1.807) is 47.9 Å². The number of allylic oxidation sites excluding steroid dienone is 1. The Balaban J connectivity index is 1.23. The van der Waals surface area contributed by atoms with Gasteiger partial charge in [-0.3, -0.25) is 9.59 Å². The molecule has 41 heavy (non-hydrogen) atoms. The lowest BCUT2D eigenvalue weighted by Crippen LogP contribution is -2.73. The quantitative estimate of drug-likeness (QED) is 0.184. The summed E-state index contributed by atoms with van der Waals surface area (Å²) in [7, 11) is 0. The number of aliphatic carboxylic acids is 1. The van der Waals surface area contributed by atoms with E-state index in [1.165, 1.54) is 34.3 Å². The van der Waals surface area contributed by atoms with Crippen LogP contribution in [0, 0.1) is 0 Å². The Kier molecular flexibility index (Phi) is 9.16. The molecule has 0 saturated carbocycles. The molecule has 8 nitrogen and oxygen atoms in total. The fourth-order valence-electron chi connectivity index (χ4n) is 4.31. The van der Waals surface area contributed by atoms with E-state index >= 15 is 0 Å². The Bertz CT molecular complexity index is 1550. The maximum absolute atomic E-state index is 12.9. The fourth-order valence-corrected chi connectivity index (χ4v) is 6.86. The lowest BCUT2D eigenvalue weighted by molar-refractivity contribution is -0.160. The molecule has 0 bridgehead atoms. The van der Waals surface area contributed by atoms with E-state index in [0.717, 1.165) is 4.88 Å². The van der Waals surface area contributed by atoms with Crippen molar-refractivity contribution in [1.82, 2.24) is 10.2 Å². The molecule has 1 aromatic heterocycles. The third-order valence-electron chi connectivity index (χ3n) is 6.20. The standard InChI is InChI=1S/C28H21Cl3N2O6S2/c29-16-5-7-20(19(31)11-16)39-21-8-6-17(30)12-22(21)38-9-1-3-15-14-41-27-24(26(35)33(27)25(15)28(36)37)32-23(34)13-18-4-2-10-40-18/h1-2,4-12,14,24-25,27H,3,13H2,(H,32,34)(H,36,37)/b9-1+/t24?,25?,27-/m1/s1. The van der Waals surface area contributed by atoms with E-state index in [9.17, 15) is 19.5 Å². The molecule has 2 aromatic carbocycles. The number of rotatable bonds is 10. The summed E-state index contributed by atoms with van der Waals surface area (Å²) in [6.45, 7) is 0. The third-order valence-corrected chi connectivity index (χ3v) is 9.06. The highest BCUT2D eigenvalue weighted by Crippen LogP contribution is 2.41. The van der Waals surface area contributed by atoms with Crippen LogP contribution in [0.15, 0.2) is 77.2 Å². The molecule has 212 valence electrons. The van der Waals surface area contributed by atoms with Crippen molar-refractivity contribution in [3.05, 3.63) is 97.2 Å². The van der Waals surface area contributed by atoms with Crippen molar-refractivity contribution in [3.63, 3.8) is 0 Å². The Morgan fingerprint density at radius 2 is 1.80 bits per heavy atom. The highest BCUT2D eigenvalue weighted by Gasteiger charge is 2.55. The summed E-state index contributed by atoms with van der Waals surface area (Å²) in [4.78, 5) is 39.7. The van der Waals surface area contributed by atoms with Crippen molar-refractivity contribution in [2.24, 2.45) is 0 Å². The summed E-state index contributed by atoms with van der Waals surface area (Å²) >= 11 is 21.1. The van der Waals surface area contributed by atoms with Crippen LogP contribution in [0.4, 0.5) is 0 Å². The second-order valence-corrected chi connectivity index (χ2v) is 12.3. The fraction of sp³-hybridized carbons (Fsp3) is 0.179. The lowest BCUT2D eigenvalue weighted by Gasteiger charge is -2.51. The molecule has 1 fully saturated rings. The zero-order valence-electron chi connectivity index (χ0n) is 21.0. The monoisotopic (exact) mass is 650 g/mol. The number of carboxylic acid groups (broad SMARTS) is 1. The highest BCUT2D eigenvalue weighted by molar-refractivity contribution is 8.02. The van der Waals surface area contributed by atoms with E-state index < -0.39 is 29.3 Å². The van der Waals surface area contributed by atoms with Crippen LogP contribution in [0.25, 0.3) is 0 Å². The number of carboxylic acids is 1. The minimum absolute atomic E-state index is 0.166. The van der Waals surface area contributed by atoms with Gasteiger partial charge in [0.2, 0.25) is 11.8 Å². The van der Waals surface area contributed by atoms with Gasteiger partial charge in [0.15, 0.2) is 17.5 Å². The van der Waals surface area contributed by atoms with Gasteiger partial charge in [0.1, 0.15) is 17.2 Å². The first-order valence-electron chi connectivity index (χ1n) is 12.2. The number of nitrogens with one attached hydrogen (secondary N) is 1. The number of hydrogen-bond acceptors (Lipinski definition) is 7. The van der Waals surface area contributed by atoms with Crippen LogP contribution in [0.3, 0.4) is 0 Å². The summed E-state index contributed by atoms with van der Waals surface area (Å²) in [5, 5.41) is 17.0. The number of nitrogens with zero attached hydrogens (tertiary/aromatic N) is 1. The zero-order valence-corrected chi connectivity index (χ0v) is 24.9. The molecule has 2 unspecified atom stereocenters. The minimum atomic E-state index is -1.15. The van der Waals surface area contributed by atoms with Gasteiger partial charge >= 0.3 is 5.97 Å². The molecular weight excluding hydrogens is 631 g/mol. The number of ether oxygens (including phenoxy) is 2. The Morgan fingerprint density at radius 3 is 2.51 bits per heavy atom. The van der Waals surface area contributed by atoms with Crippen LogP contribution in [-0.2, 0) is 20.8 Å². The topological polar surface area (TPSA) is 105 Å². The second kappa shape index (κ2) is 12.8. The predicted octanol–water partition coefficient (Wildman–Crippen LogP) is 6.76. The van der Waals surface area contributed by atoms with E-state index in [1.807, 2.05) is 17.5 Å². The summed E-state index contributed by atoms with van der Waals surface area (Å²) in [6, 6.07) is 11.4. The van der Waals surface area contributed by atoms with Crippen LogP contribution in [-0.4, -0.2) is 45.2 Å². The number of carbonyl (C=O) groups excluding carboxylic acids is 2. The number of thioether (sulfide) groups is 1. The molecule has 0 radical (unpaired) electrons. The van der Waals surface area contributed by atoms with Gasteiger partial charge in [-0.25, -0.2) is 4.79 Å². The van der Waals surface area contributed by atoms with Crippen LogP contribution in [0.2, 0.25) is 15.1 Å². The average molecular weight is 652 g/mol. The lowest BCUT2D eigenvalue weighted by atomic mass is 9.96. The van der Waals surface area contributed by atoms with Crippen molar-refractivity contribution in [3.8, 4) is 17.2 Å². The first-order chi connectivity index (χ1) is 19.7. The molecular formula is C28H21Cl3N2O6S2. The molecule has 0 aliphatic carbocycles. The molecule has 2 aliphatic heterocycles. The molecule has 3 atom stereocenters. The maximum Gasteiger partial charge on any atom is 0.330 e. The van der Waals surface area contributed by atoms with Gasteiger partial charge in [0.05, 0.1) is 17.7 Å². The van der Waals surface area contributed by atoms with Gasteiger partial charge in [-0.15, -0.1) is 23.1 Å². The van der Waals surface area contributed by atoms with Gasteiger partial charge < -0.3 is 24.8 Å². The molecule has 2 N–H and O–H groups in total. The SMILES string of the molecule is O=C(Cc1cccs1)NC1C(=O)N2C(C(=O)O)C(C/C=C/Oc3cc(Cl)ccc3Oc3ccc(Cl)cc3Cl)=CS[C@H]12. The van der Waals surface area contributed by atoms with Crippen LogP contribution in [0.5, 0.6) is 17.2 Å². The number of thiophene rings is 1. The molecule has 2 aliphatic rings. The number of β-lactam (4-membered cyclic amide) rings is 1. The number of benzene rings is 2. The van der Waals surface area contributed by atoms with Crippen molar-refractivity contribution >= 4 is 75.7 Å². The number of amides is 2. The summed E-state index contributed by atoms with van der Waals surface area (Å²) in [6.07, 6.45) is 3.39. The molecule has 2 amide bonds. The van der Waals surface area contributed by atoms with E-state index in [4.69, 9.17) is 44.3 Å². The number of carbonyl (C=O) groups is 3. The highest BCUT2D eigenvalue weighted by atomic mass is 35.5. The van der Waals surface area contributed by atoms with E-state index in [2.05, 4.69) is 5.32 Å². The first kappa shape index (κ1) is 29.3. The zero-order chi connectivity index (χ0) is 29.1. The average Bonchev–Trinajstić information content (AvgIpc) is 3.44. The number of hydrogen-bond donors (Lipinski definition) is 2. The van der Waals surface area contributed by atoms with Crippen molar-refractivity contribution in [2.45, 2.75) is 30.3 Å². The molecule has 3 aromatic rings. The molecule has 13 heteroatoms. The van der Waals surface area contributed by atoms with Gasteiger partial charge in [-0.1, -0.05) is 40.9 Å². The van der Waals surface area contributed by atoms with Crippen LogP contribution < -0.4 is 14.8 Å². The largest absolute Gasteiger partial charge is 0.479 e. The molecule has 5 rings (SSSR count). The number of fused-ring (bicyclic) bond motifs is 1. The summed E-state index contributed by atoms with van der Waals surface area (Å²) in [5.41, 5.74) is 0.505. The molecule has 1 saturated heterocycles. The van der Waals surface area contributed by atoms with Gasteiger partial charge in [-0.2, -0.15) is 0 Å².